The quantitative estimate of drug-likeness (QED) is 0.0384. The van der Waals surface area contributed by atoms with Gasteiger partial charge in [-0.05, 0) is 248 Å². The van der Waals surface area contributed by atoms with Crippen LogP contribution < -0.4 is 20.4 Å². The third-order valence-electron chi connectivity index (χ3n) is 23.0. The van der Waals surface area contributed by atoms with E-state index in [9.17, 15) is 93.4 Å². The highest BCUT2D eigenvalue weighted by Gasteiger charge is 2.48. The van der Waals surface area contributed by atoms with Gasteiger partial charge in [0.2, 0.25) is 17.8 Å². The average molecular weight is 2020 g/mol. The molecule has 3 aliphatic rings. The van der Waals surface area contributed by atoms with Crippen molar-refractivity contribution in [2.45, 2.75) is 309 Å². The van der Waals surface area contributed by atoms with Crippen LogP contribution in [0.5, 0.6) is 0 Å². The molecule has 9 atom stereocenters. The number of amides is 3. The van der Waals surface area contributed by atoms with Gasteiger partial charge in [-0.1, -0.05) is 102 Å². The third-order valence-corrected chi connectivity index (χ3v) is 23.4. The van der Waals surface area contributed by atoms with E-state index >= 15 is 0 Å². The minimum Gasteiger partial charge on any atom is -0.444 e. The zero-order chi connectivity index (χ0) is 102. The molecule has 43 heteroatoms. The predicted octanol–water partition coefficient (Wildman–Crippen LogP) is 24.9. The van der Waals surface area contributed by atoms with E-state index < -0.39 is 118 Å². The second-order valence-electron chi connectivity index (χ2n) is 36.7. The van der Waals surface area contributed by atoms with E-state index in [1.807, 2.05) is 102 Å². The lowest BCUT2D eigenvalue weighted by molar-refractivity contribution is -0.144. The summed E-state index contributed by atoms with van der Waals surface area (Å²) in [5, 5.41) is 18.9. The molecule has 138 heavy (non-hydrogen) atoms. The van der Waals surface area contributed by atoms with Crippen molar-refractivity contribution in [3.8, 4) is 5.69 Å². The molecule has 0 bridgehead atoms. The molecule has 3 unspecified atom stereocenters. The first-order valence-corrected chi connectivity index (χ1v) is 45.5. The Kier molecular flexibility index (Phi) is 36.2. The Morgan fingerprint density at radius 2 is 0.623 bits per heavy atom. The largest absolute Gasteiger partial charge is 0.444 e. The lowest BCUT2D eigenvalue weighted by atomic mass is 9.87. The second-order valence-corrected chi connectivity index (χ2v) is 37.6. The maximum Gasteiger partial charge on any atom is 0.416 e. The zero-order valence-corrected chi connectivity index (χ0v) is 80.3. The number of ether oxygens (including phenoxy) is 3. The number of alkyl halides is 18. The Bertz CT molecular complexity index is 5090. The van der Waals surface area contributed by atoms with E-state index in [4.69, 9.17) is 25.4 Å². The fourth-order valence-electron chi connectivity index (χ4n) is 16.7. The van der Waals surface area contributed by atoms with Gasteiger partial charge in [0.05, 0.1) is 74.0 Å². The summed E-state index contributed by atoms with van der Waals surface area (Å²) < 4.78 is 264. The van der Waals surface area contributed by atoms with Crippen LogP contribution in [-0.4, -0.2) is 160 Å². The fraction of sp³-hybridized carbons (Fsp3) is 0.505. The van der Waals surface area contributed by atoms with Crippen molar-refractivity contribution in [3.05, 3.63) is 224 Å². The first-order chi connectivity index (χ1) is 64.2. The number of benzene rings is 5. The fourth-order valence-corrected chi connectivity index (χ4v) is 16.9. The van der Waals surface area contributed by atoms with Gasteiger partial charge >= 0.3 is 55.3 Å². The standard InChI is InChI=1S/C28H34F6N8O2.C27H33BrF6N4O2.C27H35F6N5O2.C13H11N/c1-6-20-11-22(12-21(7-2)42(20)25(43)44-26(3,4)5)40(24-35-13-23(14-36-24)41-16-37-38-39-41)15-17-8-18(27(29,30)31)10-19(9-17)28(32,33)34;1-6-20-11-22(12-21(7-2)38(20)24(39)40-25(3,4)5)37(23-35-13-19(28)14-36-23)15-16-8-17(26(29,30)31)10-18(9-16)27(32,33)34;1-6-20-11-22(12-21(7-2)38(20)24(39)40-25(3,4)5)37(23-35-13-19(34)14-36-23)15-16-8-17(26(28,29)30)10-18(9-16)27(31,32)33;14-13(11-7-3-1-4-8-11)12-9-5-2-6-10-12/h8-10,13-14,16,20-22H,6-7,11-12,15H2,1-5H3;8-10,13-14,20-22H,6-7,11-12,15H2,1-5H3;8-10,13-14,20-22H,6-7,11-12,15,34H2,1-5H3;1-10,14H/t3*20-,21+,22?;. The van der Waals surface area contributed by atoms with Gasteiger partial charge in [0.15, 0.2) is 0 Å². The average Bonchev–Trinajstić information content (AvgIpc) is 0.902. The summed E-state index contributed by atoms with van der Waals surface area (Å²) in [5.41, 5.74) is -2.24. The number of hydrogen-bond acceptors (Lipinski definition) is 20. The lowest BCUT2D eigenvalue weighted by Gasteiger charge is -2.48. The van der Waals surface area contributed by atoms with Gasteiger partial charge in [-0.3, -0.25) is 5.41 Å². The minimum absolute atomic E-state index is 0.0909. The molecular weight excluding hydrogens is 1910 g/mol. The van der Waals surface area contributed by atoms with Gasteiger partial charge in [-0.25, -0.2) is 44.3 Å². The molecular formula is C95H113BrF18N18O6. The summed E-state index contributed by atoms with van der Waals surface area (Å²) >= 11 is 3.26. The Labute approximate surface area is 796 Å². The van der Waals surface area contributed by atoms with Crippen molar-refractivity contribution < 1.29 is 108 Å². The Morgan fingerprint density at radius 1 is 0.384 bits per heavy atom. The summed E-state index contributed by atoms with van der Waals surface area (Å²) in [6.07, 6.45) is -15.9. The number of nitrogen functional groups attached to an aromatic ring is 1. The summed E-state index contributed by atoms with van der Waals surface area (Å²) in [5.74, 6) is 0.364. The molecule has 7 heterocycles. The van der Waals surface area contributed by atoms with Gasteiger partial charge in [0, 0.05) is 86.4 Å². The molecule has 752 valence electrons. The van der Waals surface area contributed by atoms with E-state index in [2.05, 4.69) is 61.4 Å². The summed E-state index contributed by atoms with van der Waals surface area (Å²) in [6.45, 7) is 26.4. The van der Waals surface area contributed by atoms with E-state index in [1.165, 1.54) is 48.2 Å². The van der Waals surface area contributed by atoms with Crippen LogP contribution in [0.2, 0.25) is 0 Å². The highest BCUT2D eigenvalue weighted by Crippen LogP contribution is 2.45. The lowest BCUT2D eigenvalue weighted by Crippen LogP contribution is -2.57. The van der Waals surface area contributed by atoms with Crippen LogP contribution in [0.1, 0.15) is 242 Å². The van der Waals surface area contributed by atoms with Gasteiger partial charge in [0.1, 0.15) is 28.8 Å². The first-order valence-electron chi connectivity index (χ1n) is 44.7. The summed E-state index contributed by atoms with van der Waals surface area (Å²) in [7, 11) is 0. The molecule has 3 N–H and O–H groups in total. The van der Waals surface area contributed by atoms with Crippen LogP contribution in [0.25, 0.3) is 5.69 Å². The number of nitrogens with one attached hydrogen (secondary N) is 1. The zero-order valence-electron chi connectivity index (χ0n) is 78.7. The summed E-state index contributed by atoms with van der Waals surface area (Å²) in [4.78, 5) is 75.4. The molecule has 0 radical (unpaired) electrons. The minimum atomic E-state index is -5.00. The van der Waals surface area contributed by atoms with E-state index in [1.54, 1.807) is 91.7 Å². The molecule has 3 aliphatic heterocycles. The van der Waals surface area contributed by atoms with Gasteiger partial charge < -0.3 is 49.3 Å². The van der Waals surface area contributed by atoms with Crippen LogP contribution >= 0.6 is 15.9 Å². The number of nitrogens with two attached hydrogens (primary N) is 1. The Morgan fingerprint density at radius 3 is 0.841 bits per heavy atom. The molecule has 4 aromatic heterocycles. The Hall–Kier alpha value is -11.7. The maximum atomic E-state index is 13.7. The number of likely N-dealkylation sites (tertiary alicyclic amines) is 3. The van der Waals surface area contributed by atoms with Gasteiger partial charge in [-0.15, -0.1) is 5.10 Å². The van der Waals surface area contributed by atoms with E-state index in [0.717, 1.165) is 23.3 Å². The monoisotopic (exact) mass is 2020 g/mol. The SMILES string of the molecule is CC[C@@H]1CC(N(Cc2cc(C(F)(F)F)cc(C(F)(F)F)c2)c2ncc(-n3cnnn3)cn2)C[C@H](CC)N1C(=O)OC(C)(C)C.CC[C@@H]1CC(N(Cc2cc(C(F)(F)F)cc(C(F)(F)F)c2)c2ncc(Br)cn2)C[C@H](CC)N1C(=O)OC(C)(C)C.CC[C@@H]1CC(N(Cc2cc(C(F)(F)F)cc(C(F)(F)F)c2)c2ncc(N)cn2)C[C@H](CC)N1C(=O)OC(C)(C)C.N=C(c1ccccc1)c1ccccc1. The molecule has 0 saturated carbocycles. The third kappa shape index (κ3) is 30.7. The van der Waals surface area contributed by atoms with Gasteiger partial charge in [0.25, 0.3) is 0 Å². The van der Waals surface area contributed by atoms with Crippen molar-refractivity contribution >= 4 is 63.5 Å². The topological polar surface area (TPSA) is 269 Å². The van der Waals surface area contributed by atoms with Crippen molar-refractivity contribution in [2.75, 3.05) is 20.4 Å². The molecule has 0 aliphatic carbocycles. The second kappa shape index (κ2) is 45.5. The van der Waals surface area contributed by atoms with Crippen molar-refractivity contribution in [1.82, 2.24) is 64.8 Å². The van der Waals surface area contributed by atoms with Crippen LogP contribution in [0.3, 0.4) is 0 Å². The Balaban J connectivity index is 0.000000216. The van der Waals surface area contributed by atoms with Crippen molar-refractivity contribution in [1.29, 1.82) is 5.41 Å². The molecule has 12 rings (SSSR count). The van der Waals surface area contributed by atoms with Crippen LogP contribution in [0.15, 0.2) is 163 Å². The van der Waals surface area contributed by atoms with Crippen LogP contribution in [0.4, 0.5) is 117 Å². The normalized spacial score (nSPS) is 19.1. The van der Waals surface area contributed by atoms with Crippen molar-refractivity contribution in [3.63, 3.8) is 0 Å². The molecule has 5 aromatic carbocycles. The molecule has 0 spiro atoms. The first kappa shape index (κ1) is 110. The van der Waals surface area contributed by atoms with Crippen LogP contribution in [-0.2, 0) is 70.9 Å². The number of piperidine rings is 3. The number of tetrazole rings is 1. The number of halogens is 19. The number of anilines is 4. The number of carbonyl (C=O) groups is 3. The number of hydrogen-bond donors (Lipinski definition) is 2. The van der Waals surface area contributed by atoms with Crippen LogP contribution in [0, 0.1) is 5.41 Å². The number of carbonyl (C=O) groups excluding carboxylic acids is 3. The van der Waals surface area contributed by atoms with E-state index in [-0.39, 0.29) is 120 Å². The summed E-state index contributed by atoms with van der Waals surface area (Å²) in [6, 6.07) is 21.2. The highest BCUT2D eigenvalue weighted by atomic mass is 79.9. The molecule has 24 nitrogen and oxygen atoms in total. The molecule has 3 amide bonds. The smallest absolute Gasteiger partial charge is 0.416 e. The maximum absolute atomic E-state index is 13.7. The van der Waals surface area contributed by atoms with Crippen molar-refractivity contribution in [2.24, 2.45) is 0 Å². The number of aromatic nitrogens is 10. The number of rotatable bonds is 21. The molecule has 3 fully saturated rings. The molecule has 3 saturated heterocycles. The molecule has 9 aromatic rings. The number of nitrogens with zero attached hydrogens (tertiary/aromatic N) is 16. The van der Waals surface area contributed by atoms with Gasteiger partial charge in [-0.2, -0.15) is 83.7 Å². The van der Waals surface area contributed by atoms with E-state index in [0.29, 0.717) is 117 Å². The highest BCUT2D eigenvalue weighted by molar-refractivity contribution is 9.10. The predicted molar refractivity (Wildman–Crippen MR) is 485 cm³/mol.